The fraction of sp³-hybridized carbons (Fsp3) is 0.350. The maximum Gasteiger partial charge on any atom is 0.238 e. The molecular weight excluding hydrogens is 316 g/mol. The van der Waals surface area contributed by atoms with Crippen molar-refractivity contribution >= 4 is 11.6 Å². The minimum atomic E-state index is -0.0435. The standard InChI is InChI=1S/C20H26N2O3/c1-14-7-6-8-18(15(14)2)21-20(23)13-22(3)12-16-11-17(24-4)9-10-19(16)25-5/h6-11H,12-13H2,1-5H3,(H,21,23). The molecule has 0 saturated carbocycles. The number of nitrogens with zero attached hydrogens (tertiary/aromatic N) is 1. The smallest absolute Gasteiger partial charge is 0.238 e. The van der Waals surface area contributed by atoms with Crippen LogP contribution in [0, 0.1) is 13.8 Å². The van der Waals surface area contributed by atoms with Gasteiger partial charge >= 0.3 is 0 Å². The van der Waals surface area contributed by atoms with Gasteiger partial charge in [-0.1, -0.05) is 12.1 Å². The largest absolute Gasteiger partial charge is 0.497 e. The van der Waals surface area contributed by atoms with Gasteiger partial charge in [-0.3, -0.25) is 9.69 Å². The van der Waals surface area contributed by atoms with E-state index in [1.807, 2.05) is 62.2 Å². The number of benzene rings is 2. The van der Waals surface area contributed by atoms with Crippen LogP contribution in [0.4, 0.5) is 5.69 Å². The molecule has 0 saturated heterocycles. The molecule has 1 N–H and O–H groups in total. The first-order chi connectivity index (χ1) is 11.9. The van der Waals surface area contributed by atoms with E-state index in [0.717, 1.165) is 33.9 Å². The van der Waals surface area contributed by atoms with E-state index in [-0.39, 0.29) is 12.5 Å². The zero-order chi connectivity index (χ0) is 18.4. The number of hydrogen-bond donors (Lipinski definition) is 1. The molecule has 0 atom stereocenters. The Morgan fingerprint density at radius 2 is 1.88 bits per heavy atom. The summed E-state index contributed by atoms with van der Waals surface area (Å²) in [4.78, 5) is 14.3. The molecule has 0 spiro atoms. The molecule has 25 heavy (non-hydrogen) atoms. The Morgan fingerprint density at radius 3 is 2.56 bits per heavy atom. The average molecular weight is 342 g/mol. The highest BCUT2D eigenvalue weighted by molar-refractivity contribution is 5.93. The lowest BCUT2D eigenvalue weighted by molar-refractivity contribution is -0.117. The van der Waals surface area contributed by atoms with Gasteiger partial charge in [0, 0.05) is 17.8 Å². The molecule has 2 aromatic carbocycles. The van der Waals surface area contributed by atoms with Crippen LogP contribution in [0.5, 0.6) is 11.5 Å². The Kier molecular flexibility index (Phi) is 6.42. The summed E-state index contributed by atoms with van der Waals surface area (Å²) in [5.41, 5.74) is 4.08. The van der Waals surface area contributed by atoms with Crippen molar-refractivity contribution in [3.63, 3.8) is 0 Å². The lowest BCUT2D eigenvalue weighted by Gasteiger charge is -2.19. The fourth-order valence-electron chi connectivity index (χ4n) is 2.67. The van der Waals surface area contributed by atoms with E-state index >= 15 is 0 Å². The molecule has 2 rings (SSSR count). The van der Waals surface area contributed by atoms with Crippen LogP contribution in [-0.2, 0) is 11.3 Å². The molecule has 5 heteroatoms. The van der Waals surface area contributed by atoms with Crippen LogP contribution in [0.3, 0.4) is 0 Å². The second-order valence-corrected chi connectivity index (χ2v) is 6.15. The first-order valence-electron chi connectivity index (χ1n) is 8.20. The predicted molar refractivity (Wildman–Crippen MR) is 100 cm³/mol. The van der Waals surface area contributed by atoms with E-state index in [0.29, 0.717) is 6.54 Å². The molecule has 5 nitrogen and oxygen atoms in total. The lowest BCUT2D eigenvalue weighted by atomic mass is 10.1. The first-order valence-corrected chi connectivity index (χ1v) is 8.20. The van der Waals surface area contributed by atoms with Gasteiger partial charge in [0.15, 0.2) is 0 Å². The number of anilines is 1. The summed E-state index contributed by atoms with van der Waals surface area (Å²) in [7, 11) is 5.17. The molecule has 0 unspecified atom stereocenters. The molecule has 0 heterocycles. The number of carbonyl (C=O) groups excluding carboxylic acids is 1. The predicted octanol–water partition coefficient (Wildman–Crippen LogP) is 3.39. The van der Waals surface area contributed by atoms with E-state index < -0.39 is 0 Å². The van der Waals surface area contributed by atoms with Crippen LogP contribution in [0.15, 0.2) is 36.4 Å². The number of aryl methyl sites for hydroxylation is 1. The average Bonchev–Trinajstić information content (AvgIpc) is 2.58. The molecule has 0 aliphatic heterocycles. The van der Waals surface area contributed by atoms with Gasteiger partial charge in [-0.05, 0) is 56.3 Å². The van der Waals surface area contributed by atoms with E-state index in [4.69, 9.17) is 9.47 Å². The third-order valence-corrected chi connectivity index (χ3v) is 4.22. The van der Waals surface area contributed by atoms with Gasteiger partial charge in [-0.15, -0.1) is 0 Å². The number of likely N-dealkylation sites (N-methyl/N-ethyl adjacent to an activating group) is 1. The molecular formula is C20H26N2O3. The highest BCUT2D eigenvalue weighted by Crippen LogP contribution is 2.25. The van der Waals surface area contributed by atoms with Crippen LogP contribution in [-0.4, -0.2) is 38.6 Å². The highest BCUT2D eigenvalue weighted by Gasteiger charge is 2.12. The van der Waals surface area contributed by atoms with E-state index in [1.54, 1.807) is 14.2 Å². The summed E-state index contributed by atoms with van der Waals surface area (Å²) in [6.07, 6.45) is 0. The third kappa shape index (κ3) is 4.97. The number of carbonyl (C=O) groups is 1. The Hall–Kier alpha value is -2.53. The number of amides is 1. The number of methoxy groups -OCH3 is 2. The Labute approximate surface area is 149 Å². The normalized spacial score (nSPS) is 10.6. The molecule has 134 valence electrons. The maximum atomic E-state index is 12.3. The van der Waals surface area contributed by atoms with Crippen LogP contribution >= 0.6 is 0 Å². The molecule has 0 fully saturated rings. The zero-order valence-electron chi connectivity index (χ0n) is 15.6. The van der Waals surface area contributed by atoms with Crippen molar-refractivity contribution < 1.29 is 14.3 Å². The number of rotatable bonds is 7. The van der Waals surface area contributed by atoms with Gasteiger partial charge in [0.05, 0.1) is 20.8 Å². The van der Waals surface area contributed by atoms with Crippen LogP contribution in [0.25, 0.3) is 0 Å². The summed E-state index contributed by atoms with van der Waals surface area (Å²) < 4.78 is 10.7. The molecule has 0 aliphatic rings. The Balaban J connectivity index is 2.01. The van der Waals surface area contributed by atoms with Gasteiger partial charge in [0.2, 0.25) is 5.91 Å². The maximum absolute atomic E-state index is 12.3. The van der Waals surface area contributed by atoms with Gasteiger partial charge in [0.1, 0.15) is 11.5 Å². The first kappa shape index (κ1) is 18.8. The van der Waals surface area contributed by atoms with Gasteiger partial charge in [-0.25, -0.2) is 0 Å². The minimum absolute atomic E-state index is 0.0435. The van der Waals surface area contributed by atoms with Crippen molar-refractivity contribution in [2.45, 2.75) is 20.4 Å². The second kappa shape index (κ2) is 8.53. The number of hydrogen-bond acceptors (Lipinski definition) is 4. The lowest BCUT2D eigenvalue weighted by Crippen LogP contribution is -2.30. The summed E-state index contributed by atoms with van der Waals surface area (Å²) in [6.45, 7) is 4.91. The van der Waals surface area contributed by atoms with E-state index in [2.05, 4.69) is 5.32 Å². The Morgan fingerprint density at radius 1 is 1.12 bits per heavy atom. The number of nitrogens with one attached hydrogen (secondary N) is 1. The van der Waals surface area contributed by atoms with Crippen molar-refractivity contribution in [1.29, 1.82) is 0 Å². The number of ether oxygens (including phenoxy) is 2. The summed E-state index contributed by atoms with van der Waals surface area (Å²) in [5, 5.41) is 2.98. The second-order valence-electron chi connectivity index (χ2n) is 6.15. The fourth-order valence-corrected chi connectivity index (χ4v) is 2.67. The third-order valence-electron chi connectivity index (χ3n) is 4.22. The van der Waals surface area contributed by atoms with Crippen LogP contribution in [0.1, 0.15) is 16.7 Å². The van der Waals surface area contributed by atoms with Gasteiger partial charge in [-0.2, -0.15) is 0 Å². The van der Waals surface area contributed by atoms with E-state index in [1.165, 1.54) is 0 Å². The van der Waals surface area contributed by atoms with Crippen molar-refractivity contribution in [1.82, 2.24) is 4.90 Å². The molecule has 0 bridgehead atoms. The molecule has 1 amide bonds. The van der Waals surface area contributed by atoms with Crippen molar-refractivity contribution in [3.05, 3.63) is 53.1 Å². The molecule has 0 radical (unpaired) electrons. The van der Waals surface area contributed by atoms with Crippen molar-refractivity contribution in [2.75, 3.05) is 33.1 Å². The van der Waals surface area contributed by atoms with Gasteiger partial charge in [0.25, 0.3) is 0 Å². The van der Waals surface area contributed by atoms with E-state index in [9.17, 15) is 4.79 Å². The molecule has 2 aromatic rings. The SMILES string of the molecule is COc1ccc(OC)c(CN(C)CC(=O)Nc2cccc(C)c2C)c1. The monoisotopic (exact) mass is 342 g/mol. The molecule has 0 aliphatic carbocycles. The molecule has 0 aromatic heterocycles. The zero-order valence-corrected chi connectivity index (χ0v) is 15.6. The summed E-state index contributed by atoms with van der Waals surface area (Å²) in [5.74, 6) is 1.50. The highest BCUT2D eigenvalue weighted by atomic mass is 16.5. The van der Waals surface area contributed by atoms with Crippen LogP contribution in [0.2, 0.25) is 0 Å². The summed E-state index contributed by atoms with van der Waals surface area (Å²) >= 11 is 0. The summed E-state index contributed by atoms with van der Waals surface area (Å²) in [6, 6.07) is 11.6. The van der Waals surface area contributed by atoms with Crippen molar-refractivity contribution in [2.24, 2.45) is 0 Å². The minimum Gasteiger partial charge on any atom is -0.497 e. The van der Waals surface area contributed by atoms with Crippen LogP contribution < -0.4 is 14.8 Å². The van der Waals surface area contributed by atoms with Gasteiger partial charge < -0.3 is 14.8 Å². The van der Waals surface area contributed by atoms with Crippen molar-refractivity contribution in [3.8, 4) is 11.5 Å². The Bertz CT molecular complexity index is 744. The topological polar surface area (TPSA) is 50.8 Å². The quantitative estimate of drug-likeness (QED) is 0.838.